The Morgan fingerprint density at radius 2 is 1.87 bits per heavy atom. The van der Waals surface area contributed by atoms with E-state index in [2.05, 4.69) is 9.71 Å². The summed E-state index contributed by atoms with van der Waals surface area (Å²) < 4.78 is 34.9. The van der Waals surface area contributed by atoms with Crippen molar-refractivity contribution in [1.82, 2.24) is 14.0 Å². The molecule has 3 rings (SSSR count). The molecule has 7 heteroatoms. The Labute approximate surface area is 138 Å². The number of hydrogen-bond acceptors (Lipinski definition) is 4. The molecule has 1 saturated carbocycles. The van der Waals surface area contributed by atoms with Gasteiger partial charge in [0.1, 0.15) is 6.10 Å². The molecular weight excluding hydrogens is 314 g/mol. The number of aromatic nitrogens is 1. The Morgan fingerprint density at radius 3 is 2.48 bits per heavy atom. The van der Waals surface area contributed by atoms with Gasteiger partial charge in [-0.05, 0) is 51.0 Å². The van der Waals surface area contributed by atoms with Gasteiger partial charge >= 0.3 is 0 Å². The fraction of sp³-hybridized carbons (Fsp3) is 0.688. The first-order valence-corrected chi connectivity index (χ1v) is 9.84. The molecule has 0 atom stereocenters. The third-order valence-corrected chi connectivity index (χ3v) is 6.24. The van der Waals surface area contributed by atoms with E-state index >= 15 is 0 Å². The molecule has 2 heterocycles. The Bertz CT molecular complexity index is 604. The minimum atomic E-state index is -3.31. The Balaban J connectivity index is 1.47. The summed E-state index contributed by atoms with van der Waals surface area (Å²) in [5.74, 6) is 0.650. The van der Waals surface area contributed by atoms with Gasteiger partial charge in [0.15, 0.2) is 0 Å². The van der Waals surface area contributed by atoms with Gasteiger partial charge in [-0.3, -0.25) is 0 Å². The normalized spacial score (nSPS) is 26.3. The first kappa shape index (κ1) is 16.7. The number of aryl methyl sites for hydroxylation is 1. The molecular formula is C16H25N3O3S. The Hall–Kier alpha value is -1.18. The third kappa shape index (κ3) is 4.43. The summed E-state index contributed by atoms with van der Waals surface area (Å²) in [5, 5.41) is 0. The van der Waals surface area contributed by atoms with Crippen molar-refractivity contribution in [1.29, 1.82) is 0 Å². The second-order valence-corrected chi connectivity index (χ2v) is 8.20. The Morgan fingerprint density at radius 1 is 1.17 bits per heavy atom. The molecule has 1 N–H and O–H groups in total. The third-order valence-electron chi connectivity index (χ3n) is 4.57. The number of nitrogens with one attached hydrogen (secondary N) is 1. The van der Waals surface area contributed by atoms with Gasteiger partial charge in [-0.15, -0.1) is 0 Å². The van der Waals surface area contributed by atoms with Crippen LogP contribution in [0, 0.1) is 6.92 Å². The van der Waals surface area contributed by atoms with E-state index in [1.165, 1.54) is 0 Å². The minimum absolute atomic E-state index is 0.0198. The second kappa shape index (κ2) is 7.15. The molecule has 128 valence electrons. The highest BCUT2D eigenvalue weighted by molar-refractivity contribution is 7.87. The van der Waals surface area contributed by atoms with Crippen LogP contribution >= 0.6 is 0 Å². The van der Waals surface area contributed by atoms with Crippen molar-refractivity contribution in [2.75, 3.05) is 13.1 Å². The number of pyridine rings is 1. The van der Waals surface area contributed by atoms with Crippen LogP contribution in [-0.4, -0.2) is 42.9 Å². The van der Waals surface area contributed by atoms with Crippen LogP contribution in [0.1, 0.15) is 44.1 Å². The van der Waals surface area contributed by atoms with Crippen LogP contribution in [0.25, 0.3) is 0 Å². The van der Waals surface area contributed by atoms with E-state index in [0.717, 1.165) is 44.1 Å². The number of rotatable bonds is 5. The summed E-state index contributed by atoms with van der Waals surface area (Å²) in [7, 11) is -3.31. The van der Waals surface area contributed by atoms with Gasteiger partial charge in [-0.25, -0.2) is 4.98 Å². The topological polar surface area (TPSA) is 71.5 Å². The van der Waals surface area contributed by atoms with Crippen molar-refractivity contribution in [3.05, 3.63) is 23.9 Å². The summed E-state index contributed by atoms with van der Waals surface area (Å²) >= 11 is 0. The lowest BCUT2D eigenvalue weighted by Crippen LogP contribution is -2.46. The fourth-order valence-electron chi connectivity index (χ4n) is 3.21. The van der Waals surface area contributed by atoms with E-state index in [0.29, 0.717) is 19.0 Å². The fourth-order valence-corrected chi connectivity index (χ4v) is 4.75. The highest BCUT2D eigenvalue weighted by Gasteiger charge is 2.30. The van der Waals surface area contributed by atoms with E-state index in [1.54, 1.807) is 10.5 Å². The molecule has 2 fully saturated rings. The van der Waals surface area contributed by atoms with Crippen molar-refractivity contribution in [3.8, 4) is 5.88 Å². The van der Waals surface area contributed by atoms with Gasteiger partial charge in [0.05, 0.1) is 0 Å². The lowest BCUT2D eigenvalue weighted by Gasteiger charge is -2.30. The molecule has 0 bridgehead atoms. The maximum Gasteiger partial charge on any atom is 0.279 e. The summed E-state index contributed by atoms with van der Waals surface area (Å²) in [6.07, 6.45) is 7.16. The van der Waals surface area contributed by atoms with Gasteiger partial charge in [0, 0.05) is 31.4 Å². The second-order valence-electron chi connectivity index (χ2n) is 6.49. The van der Waals surface area contributed by atoms with Gasteiger partial charge in [0.2, 0.25) is 5.88 Å². The smallest absolute Gasteiger partial charge is 0.279 e. The monoisotopic (exact) mass is 339 g/mol. The summed E-state index contributed by atoms with van der Waals surface area (Å²) in [6.45, 7) is 3.29. The molecule has 1 aliphatic heterocycles. The highest BCUT2D eigenvalue weighted by Crippen LogP contribution is 2.24. The zero-order valence-corrected chi connectivity index (χ0v) is 14.4. The van der Waals surface area contributed by atoms with Crippen LogP contribution < -0.4 is 9.46 Å². The van der Waals surface area contributed by atoms with Crippen LogP contribution in [-0.2, 0) is 10.2 Å². The molecule has 0 radical (unpaired) electrons. The largest absolute Gasteiger partial charge is 0.474 e. The van der Waals surface area contributed by atoms with Crippen molar-refractivity contribution in [2.45, 2.75) is 57.6 Å². The molecule has 0 spiro atoms. The molecule has 23 heavy (non-hydrogen) atoms. The lowest BCUT2D eigenvalue weighted by molar-refractivity contribution is 0.138. The zero-order valence-electron chi connectivity index (χ0n) is 13.6. The van der Waals surface area contributed by atoms with Crippen LogP contribution in [0.2, 0.25) is 0 Å². The van der Waals surface area contributed by atoms with Crippen molar-refractivity contribution in [2.24, 2.45) is 0 Å². The molecule has 0 aromatic carbocycles. The molecule has 6 nitrogen and oxygen atoms in total. The number of ether oxygens (including phenoxy) is 1. The van der Waals surface area contributed by atoms with Crippen molar-refractivity contribution in [3.63, 3.8) is 0 Å². The molecule has 1 aromatic rings. The molecule has 1 aliphatic carbocycles. The van der Waals surface area contributed by atoms with E-state index < -0.39 is 10.2 Å². The Kier molecular flexibility index (Phi) is 5.18. The summed E-state index contributed by atoms with van der Waals surface area (Å²) in [6, 6.07) is 3.89. The van der Waals surface area contributed by atoms with Crippen LogP contribution in [0.5, 0.6) is 5.88 Å². The van der Waals surface area contributed by atoms with Gasteiger partial charge in [-0.2, -0.15) is 17.4 Å². The van der Waals surface area contributed by atoms with Crippen molar-refractivity contribution < 1.29 is 13.2 Å². The summed E-state index contributed by atoms with van der Waals surface area (Å²) in [5.41, 5.74) is 1.11. The molecule has 1 saturated heterocycles. The zero-order chi connectivity index (χ0) is 16.3. The van der Waals surface area contributed by atoms with E-state index in [9.17, 15) is 8.42 Å². The number of nitrogens with zero attached hydrogens (tertiary/aromatic N) is 2. The average molecular weight is 339 g/mol. The van der Waals surface area contributed by atoms with Gasteiger partial charge in [0.25, 0.3) is 10.2 Å². The molecule has 2 aliphatic rings. The number of hydrogen-bond donors (Lipinski definition) is 1. The van der Waals surface area contributed by atoms with Crippen molar-refractivity contribution >= 4 is 10.2 Å². The first-order chi connectivity index (χ1) is 11.0. The predicted octanol–water partition coefficient (Wildman–Crippen LogP) is 2.01. The minimum Gasteiger partial charge on any atom is -0.474 e. The predicted molar refractivity (Wildman–Crippen MR) is 88.5 cm³/mol. The van der Waals surface area contributed by atoms with Crippen LogP contribution in [0.3, 0.4) is 0 Å². The van der Waals surface area contributed by atoms with Gasteiger partial charge < -0.3 is 4.74 Å². The maximum atomic E-state index is 12.3. The SMILES string of the molecule is Cc1ccc(OC2CCC(NS(=O)(=O)N3CCCC3)CC2)nc1. The molecule has 1 aromatic heterocycles. The first-order valence-electron chi connectivity index (χ1n) is 8.40. The molecule has 0 amide bonds. The lowest BCUT2D eigenvalue weighted by atomic mass is 9.94. The summed E-state index contributed by atoms with van der Waals surface area (Å²) in [4.78, 5) is 4.26. The highest BCUT2D eigenvalue weighted by atomic mass is 32.2. The average Bonchev–Trinajstić information content (AvgIpc) is 3.07. The van der Waals surface area contributed by atoms with Crippen LogP contribution in [0.15, 0.2) is 18.3 Å². The standard InChI is InChI=1S/C16H25N3O3S/c1-13-4-9-16(17-12-13)22-15-7-5-14(6-8-15)18-23(20,21)19-10-2-3-11-19/h4,9,12,14-15,18H,2-3,5-8,10-11H2,1H3. The van der Waals surface area contributed by atoms with E-state index in [4.69, 9.17) is 4.74 Å². The quantitative estimate of drug-likeness (QED) is 0.891. The molecule has 0 unspecified atom stereocenters. The maximum absolute atomic E-state index is 12.3. The van der Waals surface area contributed by atoms with Crippen LogP contribution in [0.4, 0.5) is 0 Å². The van der Waals surface area contributed by atoms with E-state index in [-0.39, 0.29) is 12.1 Å². The van der Waals surface area contributed by atoms with Gasteiger partial charge in [-0.1, -0.05) is 6.07 Å². The van der Waals surface area contributed by atoms with E-state index in [1.807, 2.05) is 19.1 Å².